The van der Waals surface area contributed by atoms with Gasteiger partial charge in [0.05, 0.1) is 37.9 Å². The number of benzene rings is 2. The Morgan fingerprint density at radius 2 is 1.84 bits per heavy atom. The van der Waals surface area contributed by atoms with E-state index in [4.69, 9.17) is 14.2 Å². The van der Waals surface area contributed by atoms with E-state index in [1.165, 1.54) is 0 Å². The van der Waals surface area contributed by atoms with E-state index in [1.54, 1.807) is 0 Å². The summed E-state index contributed by atoms with van der Waals surface area (Å²) in [5, 5.41) is 16.0. The van der Waals surface area contributed by atoms with Gasteiger partial charge in [-0.3, -0.25) is 4.79 Å². The minimum atomic E-state index is -0.483. The van der Waals surface area contributed by atoms with Crippen molar-refractivity contribution in [2.75, 3.05) is 19.8 Å². The van der Waals surface area contributed by atoms with Crippen molar-refractivity contribution in [3.63, 3.8) is 0 Å². The van der Waals surface area contributed by atoms with Crippen LogP contribution in [-0.2, 0) is 20.8 Å². The van der Waals surface area contributed by atoms with Gasteiger partial charge in [0.25, 0.3) is 0 Å². The van der Waals surface area contributed by atoms with Crippen LogP contribution in [-0.4, -0.2) is 55.1 Å². The molecule has 0 saturated carbocycles. The van der Waals surface area contributed by atoms with Crippen molar-refractivity contribution in [2.24, 2.45) is 0 Å². The third-order valence-electron chi connectivity index (χ3n) is 5.63. The highest BCUT2D eigenvalue weighted by atomic mass is 16.5. The summed E-state index contributed by atoms with van der Waals surface area (Å²) in [6.07, 6.45) is 1.36. The van der Waals surface area contributed by atoms with Crippen molar-refractivity contribution in [3.8, 4) is 11.5 Å². The van der Waals surface area contributed by atoms with Gasteiger partial charge in [0.15, 0.2) is 0 Å². The number of aliphatic hydroxyl groups is 1. The zero-order valence-electron chi connectivity index (χ0n) is 17.5. The minimum absolute atomic E-state index is 0.0248. The molecule has 4 atom stereocenters. The van der Waals surface area contributed by atoms with E-state index in [9.17, 15) is 9.90 Å². The molecule has 0 unspecified atom stereocenters. The van der Waals surface area contributed by atoms with Crippen LogP contribution in [0.5, 0.6) is 11.5 Å². The molecule has 0 spiro atoms. The van der Waals surface area contributed by atoms with E-state index >= 15 is 0 Å². The lowest BCUT2D eigenvalue weighted by molar-refractivity contribution is -0.137. The molecule has 2 aromatic rings. The summed E-state index contributed by atoms with van der Waals surface area (Å²) >= 11 is 0. The molecule has 2 aliphatic rings. The van der Waals surface area contributed by atoms with Gasteiger partial charge < -0.3 is 30.0 Å². The summed E-state index contributed by atoms with van der Waals surface area (Å²) in [7, 11) is 0. The number of rotatable bonds is 6. The fraction of sp³-hybridized carbons (Fsp3) is 0.458. The summed E-state index contributed by atoms with van der Waals surface area (Å²) in [6, 6.07) is 17.5. The predicted octanol–water partition coefficient (Wildman–Crippen LogP) is 2.38. The average molecular weight is 427 g/mol. The molecule has 2 saturated heterocycles. The summed E-state index contributed by atoms with van der Waals surface area (Å²) in [6.45, 7) is 1.71. The molecule has 0 aliphatic carbocycles. The van der Waals surface area contributed by atoms with Gasteiger partial charge in [0.2, 0.25) is 5.91 Å². The van der Waals surface area contributed by atoms with Gasteiger partial charge in [-0.25, -0.2) is 0 Å². The molecule has 1 amide bonds. The standard InChI is InChI=1S/C24H30N2O5/c27-18-14-25-22-11-10-21(31-23(22)16-29-15-18)12-24(28)26-13-17-6-8-20(9-7-17)30-19-4-2-1-3-5-19/h1-9,18,21-23,25,27H,10-16H2,(H,26,28)/t18-,21-,22+,23-/m1/s1. The molecule has 2 aromatic carbocycles. The van der Waals surface area contributed by atoms with Gasteiger partial charge in [0, 0.05) is 19.1 Å². The zero-order valence-corrected chi connectivity index (χ0v) is 17.5. The van der Waals surface area contributed by atoms with E-state index in [0.29, 0.717) is 32.7 Å². The van der Waals surface area contributed by atoms with Crippen LogP contribution in [0, 0.1) is 0 Å². The van der Waals surface area contributed by atoms with E-state index in [-0.39, 0.29) is 24.2 Å². The highest BCUT2D eigenvalue weighted by molar-refractivity contribution is 5.76. The Hall–Kier alpha value is -2.45. The van der Waals surface area contributed by atoms with E-state index < -0.39 is 6.10 Å². The average Bonchev–Trinajstić information content (AvgIpc) is 2.77. The van der Waals surface area contributed by atoms with Crippen LogP contribution < -0.4 is 15.4 Å². The maximum atomic E-state index is 12.4. The van der Waals surface area contributed by atoms with E-state index in [0.717, 1.165) is 29.9 Å². The Bertz CT molecular complexity index is 830. The molecule has 0 aromatic heterocycles. The van der Waals surface area contributed by atoms with Crippen LogP contribution in [0.15, 0.2) is 54.6 Å². The zero-order chi connectivity index (χ0) is 21.5. The highest BCUT2D eigenvalue weighted by Gasteiger charge is 2.33. The van der Waals surface area contributed by atoms with Crippen molar-refractivity contribution in [3.05, 3.63) is 60.2 Å². The number of hydrogen-bond donors (Lipinski definition) is 3. The van der Waals surface area contributed by atoms with Crippen LogP contribution in [0.4, 0.5) is 0 Å². The van der Waals surface area contributed by atoms with Gasteiger partial charge in [-0.15, -0.1) is 0 Å². The lowest BCUT2D eigenvalue weighted by atomic mass is 9.96. The van der Waals surface area contributed by atoms with Crippen molar-refractivity contribution in [1.29, 1.82) is 0 Å². The first-order chi connectivity index (χ1) is 15.2. The summed E-state index contributed by atoms with van der Waals surface area (Å²) in [4.78, 5) is 12.4. The summed E-state index contributed by atoms with van der Waals surface area (Å²) < 4.78 is 17.4. The Morgan fingerprint density at radius 3 is 2.65 bits per heavy atom. The number of ether oxygens (including phenoxy) is 3. The Balaban J connectivity index is 1.20. The fourth-order valence-corrected chi connectivity index (χ4v) is 3.95. The maximum Gasteiger partial charge on any atom is 0.222 e. The molecule has 2 fully saturated rings. The first kappa shape index (κ1) is 21.8. The molecule has 166 valence electrons. The Morgan fingerprint density at radius 1 is 1.06 bits per heavy atom. The van der Waals surface area contributed by atoms with Gasteiger partial charge in [-0.05, 0) is 42.7 Å². The lowest BCUT2D eigenvalue weighted by Gasteiger charge is -2.38. The van der Waals surface area contributed by atoms with Crippen molar-refractivity contribution in [2.45, 2.75) is 50.2 Å². The molecule has 0 bridgehead atoms. The fourth-order valence-electron chi connectivity index (χ4n) is 3.95. The number of β-amino-alcohol motifs (C(OH)–C–C–N with tert-alkyl or cyclic N) is 1. The topological polar surface area (TPSA) is 89.1 Å². The van der Waals surface area contributed by atoms with Crippen LogP contribution in [0.1, 0.15) is 24.8 Å². The second-order valence-corrected chi connectivity index (χ2v) is 8.12. The van der Waals surface area contributed by atoms with E-state index in [2.05, 4.69) is 10.6 Å². The quantitative estimate of drug-likeness (QED) is 0.657. The predicted molar refractivity (Wildman–Crippen MR) is 116 cm³/mol. The lowest BCUT2D eigenvalue weighted by Crippen LogP contribution is -2.53. The van der Waals surface area contributed by atoms with Crippen molar-refractivity contribution in [1.82, 2.24) is 10.6 Å². The van der Waals surface area contributed by atoms with Crippen LogP contribution in [0.25, 0.3) is 0 Å². The maximum absolute atomic E-state index is 12.4. The molecule has 0 radical (unpaired) electrons. The van der Waals surface area contributed by atoms with Gasteiger partial charge >= 0.3 is 0 Å². The van der Waals surface area contributed by atoms with Crippen LogP contribution in [0.2, 0.25) is 0 Å². The number of para-hydroxylation sites is 1. The summed E-state index contributed by atoms with van der Waals surface area (Å²) in [5.41, 5.74) is 1.01. The Kier molecular flexibility index (Phi) is 7.53. The third kappa shape index (κ3) is 6.51. The molecule has 2 aliphatic heterocycles. The van der Waals surface area contributed by atoms with Crippen molar-refractivity contribution < 1.29 is 24.1 Å². The summed E-state index contributed by atoms with van der Waals surface area (Å²) in [5.74, 6) is 1.52. The number of fused-ring (bicyclic) bond motifs is 1. The first-order valence-electron chi connectivity index (χ1n) is 10.9. The molecule has 4 rings (SSSR count). The van der Waals surface area contributed by atoms with Crippen molar-refractivity contribution >= 4 is 5.91 Å². The smallest absolute Gasteiger partial charge is 0.222 e. The molecule has 7 nitrogen and oxygen atoms in total. The number of aliphatic hydroxyl groups excluding tert-OH is 1. The molecule has 3 N–H and O–H groups in total. The van der Waals surface area contributed by atoms with Crippen LogP contribution in [0.3, 0.4) is 0 Å². The molecule has 7 heteroatoms. The van der Waals surface area contributed by atoms with Gasteiger partial charge in [0.1, 0.15) is 11.5 Å². The highest BCUT2D eigenvalue weighted by Crippen LogP contribution is 2.24. The Labute approximate surface area is 182 Å². The van der Waals surface area contributed by atoms with Gasteiger partial charge in [-0.2, -0.15) is 0 Å². The first-order valence-corrected chi connectivity index (χ1v) is 10.9. The number of amides is 1. The van der Waals surface area contributed by atoms with Crippen LogP contribution >= 0.6 is 0 Å². The molecular weight excluding hydrogens is 396 g/mol. The number of carbonyl (C=O) groups excluding carboxylic acids is 1. The molecule has 31 heavy (non-hydrogen) atoms. The number of hydrogen-bond acceptors (Lipinski definition) is 6. The largest absolute Gasteiger partial charge is 0.457 e. The third-order valence-corrected chi connectivity index (χ3v) is 5.63. The normalized spacial score (nSPS) is 26.2. The molecular formula is C24H30N2O5. The number of carbonyl (C=O) groups is 1. The monoisotopic (exact) mass is 426 g/mol. The van der Waals surface area contributed by atoms with E-state index in [1.807, 2.05) is 54.6 Å². The SMILES string of the molecule is O=C(C[C@H]1CC[C@@H]2NC[C@@H](O)COC[C@H]2O1)NCc1ccc(Oc2ccccc2)cc1. The number of nitrogens with one attached hydrogen (secondary N) is 2. The second kappa shape index (κ2) is 10.7. The van der Waals surface area contributed by atoms with Gasteiger partial charge in [-0.1, -0.05) is 30.3 Å². The second-order valence-electron chi connectivity index (χ2n) is 8.12. The molecule has 2 heterocycles. The minimum Gasteiger partial charge on any atom is -0.457 e.